The first kappa shape index (κ1) is 18.2. The highest BCUT2D eigenvalue weighted by Gasteiger charge is 2.58. The highest BCUT2D eigenvalue weighted by Crippen LogP contribution is 2.56. The second-order valence-electron chi connectivity index (χ2n) is 7.92. The van der Waals surface area contributed by atoms with Crippen LogP contribution in [0.25, 0.3) is 0 Å². The van der Waals surface area contributed by atoms with E-state index in [0.29, 0.717) is 18.3 Å². The Hall–Kier alpha value is -2.15. The van der Waals surface area contributed by atoms with E-state index < -0.39 is 0 Å². The Morgan fingerprint density at radius 3 is 2.93 bits per heavy atom. The average molecular weight is 371 g/mol. The van der Waals surface area contributed by atoms with Crippen LogP contribution in [0.3, 0.4) is 0 Å². The van der Waals surface area contributed by atoms with Gasteiger partial charge in [-0.1, -0.05) is 13.3 Å². The van der Waals surface area contributed by atoms with Gasteiger partial charge in [0.05, 0.1) is 6.54 Å². The molecule has 146 valence electrons. The third kappa shape index (κ3) is 3.52. The molecule has 1 saturated carbocycles. The lowest BCUT2D eigenvalue weighted by Crippen LogP contribution is -2.39. The smallest absolute Gasteiger partial charge is 0.275 e. The summed E-state index contributed by atoms with van der Waals surface area (Å²) in [6.45, 7) is 7.74. The molecule has 27 heavy (non-hydrogen) atoms. The summed E-state index contributed by atoms with van der Waals surface area (Å²) >= 11 is 0. The lowest BCUT2D eigenvalue weighted by atomic mass is 9.93. The highest BCUT2D eigenvalue weighted by molar-refractivity contribution is 5.93. The molecule has 2 aromatic heterocycles. The molecule has 0 unspecified atom stereocenters. The van der Waals surface area contributed by atoms with E-state index in [1.165, 1.54) is 0 Å². The fourth-order valence-electron chi connectivity index (χ4n) is 4.50. The monoisotopic (exact) mass is 370 g/mol. The molecule has 7 nitrogen and oxygen atoms in total. The van der Waals surface area contributed by atoms with Gasteiger partial charge in [0, 0.05) is 30.7 Å². The normalized spacial score (nSPS) is 20.7. The quantitative estimate of drug-likeness (QED) is 0.784. The number of carbonyl (C=O) groups is 1. The molecule has 1 aliphatic heterocycles. The number of aromatic amines is 1. The van der Waals surface area contributed by atoms with Crippen molar-refractivity contribution in [2.45, 2.75) is 65.1 Å². The van der Waals surface area contributed by atoms with Gasteiger partial charge < -0.3 is 14.8 Å². The van der Waals surface area contributed by atoms with Gasteiger partial charge in [-0.2, -0.15) is 5.10 Å². The van der Waals surface area contributed by atoms with Crippen LogP contribution in [-0.2, 0) is 19.5 Å². The van der Waals surface area contributed by atoms with Crippen LogP contribution in [0.5, 0.6) is 0 Å². The van der Waals surface area contributed by atoms with Crippen LogP contribution in [-0.4, -0.2) is 49.7 Å². The van der Waals surface area contributed by atoms with Gasteiger partial charge >= 0.3 is 0 Å². The maximum Gasteiger partial charge on any atom is 0.275 e. The maximum atomic E-state index is 13.4. The van der Waals surface area contributed by atoms with Crippen molar-refractivity contribution in [3.8, 4) is 0 Å². The van der Waals surface area contributed by atoms with Crippen LogP contribution in [0.4, 0.5) is 0 Å². The van der Waals surface area contributed by atoms with E-state index in [2.05, 4.69) is 38.9 Å². The fourth-order valence-corrected chi connectivity index (χ4v) is 4.50. The molecule has 1 amide bonds. The molecule has 2 N–H and O–H groups in total. The number of carbonyl (C=O) groups excluding carboxylic acids is 1. The van der Waals surface area contributed by atoms with Crippen molar-refractivity contribution in [2.24, 2.45) is 5.41 Å². The topological polar surface area (TPSA) is 78.8 Å². The zero-order chi connectivity index (χ0) is 18.9. The lowest BCUT2D eigenvalue weighted by Gasteiger charge is -2.29. The van der Waals surface area contributed by atoms with Gasteiger partial charge in [0.1, 0.15) is 11.5 Å². The van der Waals surface area contributed by atoms with E-state index in [9.17, 15) is 4.79 Å². The zero-order valence-corrected chi connectivity index (χ0v) is 16.4. The summed E-state index contributed by atoms with van der Waals surface area (Å²) in [6, 6.07) is 2.21. The molecule has 3 heterocycles. The SMILES string of the molecule is CCCc1cc(C(=O)N(Cc2nccn2CC)[C@H]2CC23CCNCC3)n[nH]1. The number of rotatable bonds is 7. The van der Waals surface area contributed by atoms with Gasteiger partial charge in [-0.05, 0) is 57.2 Å². The van der Waals surface area contributed by atoms with E-state index in [1.807, 2.05) is 23.4 Å². The number of amides is 1. The van der Waals surface area contributed by atoms with Gasteiger partial charge in [-0.15, -0.1) is 0 Å². The molecule has 0 radical (unpaired) electrons. The number of imidazole rings is 1. The molecule has 0 aromatic carbocycles. The number of aryl methyl sites for hydroxylation is 2. The van der Waals surface area contributed by atoms with Gasteiger partial charge in [0.15, 0.2) is 0 Å². The summed E-state index contributed by atoms with van der Waals surface area (Å²) in [5.41, 5.74) is 1.85. The number of piperidine rings is 1. The minimum Gasteiger partial charge on any atom is -0.334 e. The molecule has 2 aliphatic rings. The first-order chi connectivity index (χ1) is 13.2. The van der Waals surface area contributed by atoms with Crippen LogP contribution in [0.1, 0.15) is 61.5 Å². The van der Waals surface area contributed by atoms with Gasteiger partial charge in [0.25, 0.3) is 5.91 Å². The van der Waals surface area contributed by atoms with Crippen molar-refractivity contribution in [1.82, 2.24) is 30.0 Å². The Kier molecular flexibility index (Phi) is 5.04. The molecule has 7 heteroatoms. The van der Waals surface area contributed by atoms with Crippen LogP contribution in [0.2, 0.25) is 0 Å². The Morgan fingerprint density at radius 1 is 1.37 bits per heavy atom. The van der Waals surface area contributed by atoms with Crippen LogP contribution >= 0.6 is 0 Å². The summed E-state index contributed by atoms with van der Waals surface area (Å²) in [7, 11) is 0. The fraction of sp³-hybridized carbons (Fsp3) is 0.650. The van der Waals surface area contributed by atoms with Crippen molar-refractivity contribution < 1.29 is 4.79 Å². The Morgan fingerprint density at radius 2 is 2.19 bits per heavy atom. The molecule has 2 aromatic rings. The number of hydrogen-bond donors (Lipinski definition) is 2. The van der Waals surface area contributed by atoms with Gasteiger partial charge in [-0.3, -0.25) is 9.89 Å². The minimum atomic E-state index is 0.0275. The predicted molar refractivity (Wildman–Crippen MR) is 103 cm³/mol. The molecule has 1 saturated heterocycles. The lowest BCUT2D eigenvalue weighted by molar-refractivity contribution is 0.0679. The number of nitrogens with zero attached hydrogens (tertiary/aromatic N) is 4. The largest absolute Gasteiger partial charge is 0.334 e. The number of hydrogen-bond acceptors (Lipinski definition) is 4. The maximum absolute atomic E-state index is 13.4. The summed E-state index contributed by atoms with van der Waals surface area (Å²) in [5, 5.41) is 10.8. The third-order valence-corrected chi connectivity index (χ3v) is 6.21. The predicted octanol–water partition coefficient (Wildman–Crippen LogP) is 2.36. The van der Waals surface area contributed by atoms with E-state index in [1.54, 1.807) is 0 Å². The molecule has 4 rings (SSSR count). The van der Waals surface area contributed by atoms with Crippen molar-refractivity contribution in [3.63, 3.8) is 0 Å². The van der Waals surface area contributed by atoms with Crippen LogP contribution in [0, 0.1) is 5.41 Å². The summed E-state index contributed by atoms with van der Waals surface area (Å²) < 4.78 is 2.12. The molecule has 2 fully saturated rings. The zero-order valence-electron chi connectivity index (χ0n) is 16.4. The van der Waals surface area contributed by atoms with Gasteiger partial charge in [-0.25, -0.2) is 4.98 Å². The van der Waals surface area contributed by atoms with E-state index in [4.69, 9.17) is 0 Å². The second kappa shape index (κ2) is 7.46. The average Bonchev–Trinajstić information content (AvgIpc) is 3.06. The van der Waals surface area contributed by atoms with Crippen molar-refractivity contribution in [1.29, 1.82) is 0 Å². The number of H-pyrrole nitrogens is 1. The van der Waals surface area contributed by atoms with Crippen molar-refractivity contribution in [3.05, 3.63) is 35.7 Å². The summed E-state index contributed by atoms with van der Waals surface area (Å²) in [6.07, 6.45) is 9.14. The summed E-state index contributed by atoms with van der Waals surface area (Å²) in [5.74, 6) is 0.978. The molecular weight excluding hydrogens is 340 g/mol. The molecular formula is C20H30N6O. The Labute approximate surface area is 160 Å². The Bertz CT molecular complexity index is 788. The number of aromatic nitrogens is 4. The van der Waals surface area contributed by atoms with E-state index >= 15 is 0 Å². The van der Waals surface area contributed by atoms with Crippen molar-refractivity contribution >= 4 is 5.91 Å². The second-order valence-corrected chi connectivity index (χ2v) is 7.92. The van der Waals surface area contributed by atoms with Gasteiger partial charge in [0.2, 0.25) is 0 Å². The van der Waals surface area contributed by atoms with Crippen LogP contribution < -0.4 is 5.32 Å². The minimum absolute atomic E-state index is 0.0275. The Balaban J connectivity index is 1.58. The van der Waals surface area contributed by atoms with E-state index in [0.717, 1.165) is 63.3 Å². The standard InChI is InChI=1S/C20H30N6O/c1-3-5-15-12-16(24-23-15)19(27)26(14-18-22-10-11-25(18)4-2)17-13-20(17)6-8-21-9-7-20/h10-12,17,21H,3-9,13-14H2,1-2H3,(H,23,24)/t17-/m0/s1. The molecule has 1 aliphatic carbocycles. The molecule has 1 spiro atoms. The highest BCUT2D eigenvalue weighted by atomic mass is 16.2. The first-order valence-corrected chi connectivity index (χ1v) is 10.2. The van der Waals surface area contributed by atoms with Crippen LogP contribution in [0.15, 0.2) is 18.5 Å². The third-order valence-electron chi connectivity index (χ3n) is 6.21. The van der Waals surface area contributed by atoms with E-state index in [-0.39, 0.29) is 11.3 Å². The molecule has 1 atom stereocenters. The van der Waals surface area contributed by atoms with Crippen molar-refractivity contribution in [2.75, 3.05) is 13.1 Å². The number of nitrogens with one attached hydrogen (secondary N) is 2. The molecule has 0 bridgehead atoms. The first-order valence-electron chi connectivity index (χ1n) is 10.2. The summed E-state index contributed by atoms with van der Waals surface area (Å²) in [4.78, 5) is 19.9.